The number of aliphatic imine (C=N–C) groups is 1. The molecule has 1 aliphatic rings. The molecule has 0 aliphatic carbocycles. The van der Waals surface area contributed by atoms with Crippen molar-refractivity contribution in [2.75, 3.05) is 13.1 Å². The van der Waals surface area contributed by atoms with Crippen molar-refractivity contribution in [1.82, 2.24) is 10.6 Å². The molecular formula is C12H23N3O. The molecule has 1 heterocycles. The van der Waals surface area contributed by atoms with E-state index in [9.17, 15) is 4.79 Å². The molecule has 0 aromatic carbocycles. The van der Waals surface area contributed by atoms with Gasteiger partial charge in [0.2, 0.25) is 5.91 Å². The molecule has 1 rings (SSSR count). The van der Waals surface area contributed by atoms with Crippen LogP contribution in [0.2, 0.25) is 0 Å². The van der Waals surface area contributed by atoms with Crippen LogP contribution in [0.15, 0.2) is 4.99 Å². The largest absolute Gasteiger partial charge is 0.362 e. The van der Waals surface area contributed by atoms with Crippen LogP contribution in [0.3, 0.4) is 0 Å². The Kier molecular flexibility index (Phi) is 5.90. The second kappa shape index (κ2) is 7.25. The second-order valence-corrected chi connectivity index (χ2v) is 4.30. The summed E-state index contributed by atoms with van der Waals surface area (Å²) in [6.45, 7) is 5.58. The van der Waals surface area contributed by atoms with Gasteiger partial charge in [0.25, 0.3) is 0 Å². The van der Waals surface area contributed by atoms with E-state index in [0.717, 1.165) is 31.8 Å². The van der Waals surface area contributed by atoms with Gasteiger partial charge >= 0.3 is 0 Å². The average molecular weight is 225 g/mol. The molecule has 2 N–H and O–H groups in total. The van der Waals surface area contributed by atoms with E-state index < -0.39 is 0 Å². The van der Waals surface area contributed by atoms with E-state index in [4.69, 9.17) is 0 Å². The lowest BCUT2D eigenvalue weighted by Gasteiger charge is -2.16. The van der Waals surface area contributed by atoms with Gasteiger partial charge in [-0.05, 0) is 26.2 Å². The lowest BCUT2D eigenvalue weighted by molar-refractivity contribution is -0.122. The van der Waals surface area contributed by atoms with Crippen LogP contribution in [0.25, 0.3) is 0 Å². The number of rotatable bonds is 4. The van der Waals surface area contributed by atoms with E-state index in [0.29, 0.717) is 0 Å². The summed E-state index contributed by atoms with van der Waals surface area (Å²) in [6, 6.07) is -0.177. The number of hydrogen-bond acceptors (Lipinski definition) is 3. The summed E-state index contributed by atoms with van der Waals surface area (Å²) in [5.41, 5.74) is 0. The molecular weight excluding hydrogens is 202 g/mol. The first kappa shape index (κ1) is 13.0. The monoisotopic (exact) mass is 225 g/mol. The molecule has 0 radical (unpaired) electrons. The average Bonchev–Trinajstić information content (AvgIpc) is 2.54. The highest BCUT2D eigenvalue weighted by molar-refractivity contribution is 5.89. The van der Waals surface area contributed by atoms with Gasteiger partial charge in [-0.3, -0.25) is 9.79 Å². The van der Waals surface area contributed by atoms with Crippen molar-refractivity contribution in [3.63, 3.8) is 0 Å². The van der Waals surface area contributed by atoms with E-state index in [1.54, 1.807) is 0 Å². The minimum absolute atomic E-state index is 0.0637. The van der Waals surface area contributed by atoms with Gasteiger partial charge in [0.1, 0.15) is 6.04 Å². The van der Waals surface area contributed by atoms with Gasteiger partial charge < -0.3 is 10.6 Å². The van der Waals surface area contributed by atoms with E-state index in [-0.39, 0.29) is 11.9 Å². The maximum absolute atomic E-state index is 11.6. The third-order valence-corrected chi connectivity index (χ3v) is 2.70. The first-order valence-corrected chi connectivity index (χ1v) is 6.31. The Morgan fingerprint density at radius 3 is 3.00 bits per heavy atom. The molecule has 0 fully saturated rings. The number of carbonyl (C=O) groups is 1. The van der Waals surface area contributed by atoms with Crippen LogP contribution in [-0.2, 0) is 4.79 Å². The molecule has 1 aliphatic heterocycles. The van der Waals surface area contributed by atoms with Gasteiger partial charge in [-0.1, -0.05) is 13.3 Å². The highest BCUT2D eigenvalue weighted by Gasteiger charge is 2.14. The molecule has 0 bridgehead atoms. The number of nitrogens with one attached hydrogen (secondary N) is 2. The van der Waals surface area contributed by atoms with E-state index in [2.05, 4.69) is 15.6 Å². The smallest absolute Gasteiger partial charge is 0.242 e. The fourth-order valence-corrected chi connectivity index (χ4v) is 1.71. The predicted molar refractivity (Wildman–Crippen MR) is 66.7 cm³/mol. The van der Waals surface area contributed by atoms with Gasteiger partial charge in [0.05, 0.1) is 5.84 Å². The van der Waals surface area contributed by atoms with Crippen LogP contribution in [0, 0.1) is 0 Å². The molecule has 0 spiro atoms. The number of carbonyl (C=O) groups excluding carboxylic acids is 1. The normalized spacial score (nSPS) is 18.2. The Morgan fingerprint density at radius 2 is 2.25 bits per heavy atom. The zero-order valence-electron chi connectivity index (χ0n) is 10.4. The summed E-state index contributed by atoms with van der Waals surface area (Å²) in [5.74, 6) is 1.06. The van der Waals surface area contributed by atoms with Crippen LogP contribution in [-0.4, -0.2) is 30.9 Å². The van der Waals surface area contributed by atoms with E-state index in [1.807, 2.05) is 13.8 Å². The fourth-order valence-electron chi connectivity index (χ4n) is 1.71. The fraction of sp³-hybridized carbons (Fsp3) is 0.833. The third-order valence-electron chi connectivity index (χ3n) is 2.70. The van der Waals surface area contributed by atoms with Crippen LogP contribution in [0.5, 0.6) is 0 Å². The molecule has 4 nitrogen and oxygen atoms in total. The van der Waals surface area contributed by atoms with Crippen LogP contribution >= 0.6 is 0 Å². The summed E-state index contributed by atoms with van der Waals surface area (Å²) < 4.78 is 0. The second-order valence-electron chi connectivity index (χ2n) is 4.30. The highest BCUT2D eigenvalue weighted by Crippen LogP contribution is 2.06. The summed E-state index contributed by atoms with van der Waals surface area (Å²) in [4.78, 5) is 16.1. The summed E-state index contributed by atoms with van der Waals surface area (Å²) in [6.07, 6.45) is 5.53. The Hall–Kier alpha value is -1.06. The van der Waals surface area contributed by atoms with E-state index in [1.165, 1.54) is 19.3 Å². The van der Waals surface area contributed by atoms with Crippen LogP contribution in [0.1, 0.15) is 46.0 Å². The van der Waals surface area contributed by atoms with Crippen molar-refractivity contribution in [1.29, 1.82) is 0 Å². The zero-order chi connectivity index (χ0) is 11.8. The SMILES string of the molecule is CCCNC(=O)C(C)NC1=NCCCCC1. The van der Waals surface area contributed by atoms with Crippen molar-refractivity contribution in [3.05, 3.63) is 0 Å². The maximum atomic E-state index is 11.6. The zero-order valence-corrected chi connectivity index (χ0v) is 10.4. The first-order chi connectivity index (χ1) is 7.74. The molecule has 0 saturated carbocycles. The third kappa shape index (κ3) is 4.64. The standard InChI is InChI=1S/C12H23N3O/c1-3-8-14-12(16)10(2)15-11-7-5-4-6-9-13-11/h10H,3-9H2,1-2H3,(H,13,15)(H,14,16). The molecule has 0 saturated heterocycles. The Morgan fingerprint density at radius 1 is 1.44 bits per heavy atom. The van der Waals surface area contributed by atoms with Gasteiger partial charge in [0, 0.05) is 19.5 Å². The highest BCUT2D eigenvalue weighted by atomic mass is 16.2. The molecule has 0 aromatic rings. The van der Waals surface area contributed by atoms with E-state index >= 15 is 0 Å². The van der Waals surface area contributed by atoms with Crippen LogP contribution < -0.4 is 10.6 Å². The summed E-state index contributed by atoms with van der Waals surface area (Å²) in [5, 5.41) is 6.09. The molecule has 1 unspecified atom stereocenters. The van der Waals surface area contributed by atoms with Gasteiger partial charge in [-0.2, -0.15) is 0 Å². The molecule has 92 valence electrons. The van der Waals surface area contributed by atoms with Crippen molar-refractivity contribution in [3.8, 4) is 0 Å². The minimum Gasteiger partial charge on any atom is -0.362 e. The summed E-state index contributed by atoms with van der Waals surface area (Å²) in [7, 11) is 0. The number of amides is 1. The Labute approximate surface area is 97.9 Å². The molecule has 1 atom stereocenters. The van der Waals surface area contributed by atoms with Crippen molar-refractivity contribution < 1.29 is 4.79 Å². The quantitative estimate of drug-likeness (QED) is 0.761. The molecule has 0 aromatic heterocycles. The van der Waals surface area contributed by atoms with Crippen molar-refractivity contribution >= 4 is 11.7 Å². The number of hydrogen-bond donors (Lipinski definition) is 2. The molecule has 1 amide bonds. The lowest BCUT2D eigenvalue weighted by Crippen LogP contribution is -2.45. The Balaban J connectivity index is 2.34. The molecule has 16 heavy (non-hydrogen) atoms. The molecule has 4 heteroatoms. The van der Waals surface area contributed by atoms with Gasteiger partial charge in [-0.15, -0.1) is 0 Å². The predicted octanol–water partition coefficient (Wildman–Crippen LogP) is 1.46. The van der Waals surface area contributed by atoms with Gasteiger partial charge in [-0.25, -0.2) is 0 Å². The Bertz CT molecular complexity index is 251. The van der Waals surface area contributed by atoms with Gasteiger partial charge in [0.15, 0.2) is 0 Å². The van der Waals surface area contributed by atoms with Crippen molar-refractivity contribution in [2.45, 2.75) is 52.0 Å². The van der Waals surface area contributed by atoms with Crippen LogP contribution in [0.4, 0.5) is 0 Å². The minimum atomic E-state index is -0.177. The van der Waals surface area contributed by atoms with Crippen molar-refractivity contribution in [2.24, 2.45) is 4.99 Å². The number of nitrogens with zero attached hydrogens (tertiary/aromatic N) is 1. The maximum Gasteiger partial charge on any atom is 0.242 e. The topological polar surface area (TPSA) is 53.5 Å². The lowest BCUT2D eigenvalue weighted by atomic mass is 10.2. The number of amidine groups is 1. The summed E-state index contributed by atoms with van der Waals surface area (Å²) >= 11 is 0. The first-order valence-electron chi connectivity index (χ1n) is 6.31.